The summed E-state index contributed by atoms with van der Waals surface area (Å²) in [6, 6.07) is 19.6. The number of hydrogen-bond donors (Lipinski definition) is 1. The first kappa shape index (κ1) is 19.3. The van der Waals surface area contributed by atoms with E-state index in [2.05, 4.69) is 10.3 Å². The molecule has 0 fully saturated rings. The van der Waals surface area contributed by atoms with Gasteiger partial charge in [0.2, 0.25) is 5.91 Å². The van der Waals surface area contributed by atoms with Gasteiger partial charge in [0.1, 0.15) is 6.54 Å². The van der Waals surface area contributed by atoms with Crippen molar-refractivity contribution in [3.05, 3.63) is 99.3 Å². The maximum Gasteiger partial charge on any atom is 0.337 e. The number of nitrogens with zero attached hydrogens (tertiary/aromatic N) is 3. The van der Waals surface area contributed by atoms with Crippen molar-refractivity contribution in [1.29, 1.82) is 0 Å². The molecule has 0 spiro atoms. The van der Waals surface area contributed by atoms with Crippen molar-refractivity contribution in [3.8, 4) is 5.69 Å². The van der Waals surface area contributed by atoms with Crippen LogP contribution in [0, 0.1) is 0 Å². The van der Waals surface area contributed by atoms with Crippen LogP contribution in [0.5, 0.6) is 0 Å². The number of aromatic nitrogens is 3. The third kappa shape index (κ3) is 3.53. The van der Waals surface area contributed by atoms with Crippen LogP contribution in [0.2, 0.25) is 0 Å². The lowest BCUT2D eigenvalue weighted by molar-refractivity contribution is -0.116. The highest BCUT2D eigenvalue weighted by Gasteiger charge is 2.17. The molecule has 0 aliphatic carbocycles. The highest BCUT2D eigenvalue weighted by atomic mass is 16.2. The van der Waals surface area contributed by atoms with Crippen LogP contribution in [0.15, 0.2) is 82.5 Å². The second-order valence-electron chi connectivity index (χ2n) is 6.78. The van der Waals surface area contributed by atoms with E-state index in [1.54, 1.807) is 42.5 Å². The van der Waals surface area contributed by atoms with Crippen LogP contribution in [-0.4, -0.2) is 20.0 Å². The largest absolute Gasteiger partial charge is 0.337 e. The number of nitrogens with one attached hydrogen (secondary N) is 1. The maximum absolute atomic E-state index is 13.2. The number of fused-ring (bicyclic) bond motifs is 1. The highest BCUT2D eigenvalue weighted by Crippen LogP contribution is 2.15. The molecule has 0 saturated carbocycles. The third-order valence-electron chi connectivity index (χ3n) is 4.88. The first-order valence-corrected chi connectivity index (χ1v) is 9.64. The lowest BCUT2D eigenvalue weighted by Crippen LogP contribution is -2.42. The van der Waals surface area contributed by atoms with Crippen LogP contribution in [-0.2, 0) is 17.8 Å². The van der Waals surface area contributed by atoms with E-state index in [0.29, 0.717) is 11.4 Å². The zero-order valence-corrected chi connectivity index (χ0v) is 16.4. The Hall–Kier alpha value is -4.00. The van der Waals surface area contributed by atoms with Crippen molar-refractivity contribution in [2.24, 2.45) is 0 Å². The summed E-state index contributed by atoms with van der Waals surface area (Å²) in [5.41, 5.74) is 1.31. The second-order valence-corrected chi connectivity index (χ2v) is 6.78. The zero-order chi connectivity index (χ0) is 21.1. The monoisotopic (exact) mass is 400 g/mol. The van der Waals surface area contributed by atoms with Crippen molar-refractivity contribution in [2.75, 3.05) is 5.32 Å². The molecule has 2 aromatic heterocycles. The molecule has 1 N–H and O–H groups in total. The van der Waals surface area contributed by atoms with Crippen molar-refractivity contribution in [1.82, 2.24) is 14.1 Å². The average molecular weight is 400 g/mol. The van der Waals surface area contributed by atoms with Crippen LogP contribution in [0.4, 0.5) is 5.69 Å². The number of carbonyl (C=O) groups is 1. The molecule has 0 atom stereocenters. The standard InChI is InChI=1S/C23H20N4O3/c1-2-16-9-6-7-13-19(16)25-20(28)15-26-22(29)18-12-8-14-24-21(18)27(23(26)30)17-10-4-3-5-11-17/h3-14H,2,15H2,1H3,(H,25,28). The van der Waals surface area contributed by atoms with Crippen molar-refractivity contribution in [3.63, 3.8) is 0 Å². The number of pyridine rings is 1. The molecule has 30 heavy (non-hydrogen) atoms. The van der Waals surface area contributed by atoms with E-state index in [-0.39, 0.29) is 11.0 Å². The summed E-state index contributed by atoms with van der Waals surface area (Å²) in [4.78, 5) is 43.1. The molecule has 0 unspecified atom stereocenters. The molecule has 0 radical (unpaired) electrons. The van der Waals surface area contributed by atoms with Crippen LogP contribution < -0.4 is 16.6 Å². The fourth-order valence-electron chi connectivity index (χ4n) is 3.42. The Kier molecular flexibility index (Phi) is 5.26. The first-order valence-electron chi connectivity index (χ1n) is 9.64. The van der Waals surface area contributed by atoms with Crippen molar-refractivity contribution < 1.29 is 4.79 Å². The number of hydrogen-bond acceptors (Lipinski definition) is 4. The molecule has 0 bridgehead atoms. The van der Waals surface area contributed by atoms with Gasteiger partial charge >= 0.3 is 5.69 Å². The minimum Gasteiger partial charge on any atom is -0.324 e. The molecule has 0 saturated heterocycles. The molecule has 150 valence electrons. The van der Waals surface area contributed by atoms with Gasteiger partial charge < -0.3 is 5.32 Å². The number of benzene rings is 2. The van der Waals surface area contributed by atoms with Crippen LogP contribution in [0.3, 0.4) is 0 Å². The van der Waals surface area contributed by atoms with E-state index in [4.69, 9.17) is 0 Å². The summed E-state index contributed by atoms with van der Waals surface area (Å²) >= 11 is 0. The minimum absolute atomic E-state index is 0.256. The predicted octanol–water partition coefficient (Wildman–Crippen LogP) is 2.75. The Morgan fingerprint density at radius 2 is 1.70 bits per heavy atom. The number of aryl methyl sites for hydroxylation is 1. The highest BCUT2D eigenvalue weighted by molar-refractivity contribution is 5.91. The number of carbonyl (C=O) groups excluding carboxylic acids is 1. The van der Waals surface area contributed by atoms with E-state index in [1.165, 1.54) is 10.8 Å². The Bertz CT molecular complexity index is 1340. The molecular weight excluding hydrogens is 380 g/mol. The fraction of sp³-hybridized carbons (Fsp3) is 0.130. The van der Waals surface area contributed by atoms with E-state index in [9.17, 15) is 14.4 Å². The van der Waals surface area contributed by atoms with Gasteiger partial charge in [0.15, 0.2) is 5.65 Å². The van der Waals surface area contributed by atoms with Gasteiger partial charge in [-0.25, -0.2) is 18.9 Å². The molecule has 4 rings (SSSR count). The molecular formula is C23H20N4O3. The SMILES string of the molecule is CCc1ccccc1NC(=O)Cn1c(=O)c2cccnc2n(-c2ccccc2)c1=O. The minimum atomic E-state index is -0.615. The van der Waals surface area contributed by atoms with E-state index in [0.717, 1.165) is 16.6 Å². The smallest absolute Gasteiger partial charge is 0.324 e. The summed E-state index contributed by atoms with van der Waals surface area (Å²) in [6.07, 6.45) is 2.28. The van der Waals surface area contributed by atoms with Crippen LogP contribution in [0.25, 0.3) is 16.7 Å². The third-order valence-corrected chi connectivity index (χ3v) is 4.88. The molecule has 0 aliphatic heterocycles. The van der Waals surface area contributed by atoms with Gasteiger partial charge in [-0.2, -0.15) is 0 Å². The number of amides is 1. The Labute approximate surface area is 172 Å². The number of anilines is 1. The summed E-state index contributed by atoms with van der Waals surface area (Å²) in [5, 5.41) is 3.08. The maximum atomic E-state index is 13.2. The summed E-state index contributed by atoms with van der Waals surface area (Å²) in [6.45, 7) is 1.59. The Balaban J connectivity index is 1.81. The van der Waals surface area contributed by atoms with Crippen LogP contribution >= 0.6 is 0 Å². The van der Waals surface area contributed by atoms with E-state index in [1.807, 2.05) is 31.2 Å². The average Bonchev–Trinajstić information content (AvgIpc) is 2.78. The predicted molar refractivity (Wildman–Crippen MR) is 116 cm³/mol. The molecule has 2 heterocycles. The lowest BCUT2D eigenvalue weighted by Gasteiger charge is -2.14. The lowest BCUT2D eigenvalue weighted by atomic mass is 10.1. The van der Waals surface area contributed by atoms with Gasteiger partial charge in [-0.1, -0.05) is 43.3 Å². The molecule has 2 aromatic carbocycles. The van der Waals surface area contributed by atoms with Gasteiger partial charge in [-0.15, -0.1) is 0 Å². The van der Waals surface area contributed by atoms with Gasteiger partial charge in [-0.05, 0) is 42.3 Å². The number of para-hydroxylation sites is 2. The number of rotatable bonds is 5. The molecule has 7 heteroatoms. The topological polar surface area (TPSA) is 86.0 Å². The molecule has 1 amide bonds. The van der Waals surface area contributed by atoms with Crippen LogP contribution in [0.1, 0.15) is 12.5 Å². The van der Waals surface area contributed by atoms with Gasteiger partial charge in [-0.3, -0.25) is 9.59 Å². The van der Waals surface area contributed by atoms with Crippen molar-refractivity contribution in [2.45, 2.75) is 19.9 Å². The van der Waals surface area contributed by atoms with Gasteiger partial charge in [0.25, 0.3) is 5.56 Å². The van der Waals surface area contributed by atoms with E-state index < -0.39 is 23.7 Å². The van der Waals surface area contributed by atoms with Gasteiger partial charge in [0, 0.05) is 11.9 Å². The first-order chi connectivity index (χ1) is 14.6. The molecule has 7 nitrogen and oxygen atoms in total. The Morgan fingerprint density at radius 3 is 2.47 bits per heavy atom. The Morgan fingerprint density at radius 1 is 0.967 bits per heavy atom. The second kappa shape index (κ2) is 8.16. The van der Waals surface area contributed by atoms with E-state index >= 15 is 0 Å². The molecule has 4 aromatic rings. The summed E-state index contributed by atoms with van der Waals surface area (Å²) < 4.78 is 2.30. The zero-order valence-electron chi connectivity index (χ0n) is 16.4. The molecule has 0 aliphatic rings. The van der Waals surface area contributed by atoms with Crippen molar-refractivity contribution >= 4 is 22.6 Å². The fourth-order valence-corrected chi connectivity index (χ4v) is 3.42. The normalized spacial score (nSPS) is 10.8. The van der Waals surface area contributed by atoms with Gasteiger partial charge in [0.05, 0.1) is 11.1 Å². The summed E-state index contributed by atoms with van der Waals surface area (Å²) in [7, 11) is 0. The summed E-state index contributed by atoms with van der Waals surface area (Å²) in [5.74, 6) is -0.446. The quantitative estimate of drug-likeness (QED) is 0.558.